The summed E-state index contributed by atoms with van der Waals surface area (Å²) in [7, 11) is -3.67. The number of esters is 1. The molecule has 7 heteroatoms. The Labute approximate surface area is 245 Å². The van der Waals surface area contributed by atoms with Gasteiger partial charge in [-0.05, 0) is 61.8 Å². The van der Waals surface area contributed by atoms with Crippen molar-refractivity contribution in [3.05, 3.63) is 96.1 Å². The van der Waals surface area contributed by atoms with Crippen LogP contribution >= 0.6 is 7.37 Å². The molecular weight excluding hydrogens is 533 g/mol. The quantitative estimate of drug-likeness (QED) is 0.170. The minimum atomic E-state index is -3.67. The lowest BCUT2D eigenvalue weighted by Crippen LogP contribution is -2.50. The molecule has 0 saturated heterocycles. The average Bonchev–Trinajstić information content (AvgIpc) is 2.94. The molecule has 41 heavy (non-hydrogen) atoms. The van der Waals surface area contributed by atoms with E-state index in [0.29, 0.717) is 12.8 Å². The predicted octanol–water partition coefficient (Wildman–Crippen LogP) is 6.90. The Morgan fingerprint density at radius 3 is 2.00 bits per heavy atom. The summed E-state index contributed by atoms with van der Waals surface area (Å²) in [4.78, 5) is 37.8. The molecular formula is C34H44NO5P. The standard InChI is InChI=1S/C34H44NO5P/c1-6-25(2)31(33(37)40-34(3,4)5)35-32(36)30(24-41(38,39)22-21-26-13-9-7-10-14-26)23-27-17-19-29(20-18-27)28-15-11-8-12-16-28/h7-20,25,30-31H,6,21-24H2,1-5H3,(H,35,36)(H,38,39)/t25-,30-,31+/m1/s1. The Morgan fingerprint density at radius 1 is 0.878 bits per heavy atom. The zero-order chi connectivity index (χ0) is 30.0. The van der Waals surface area contributed by atoms with Gasteiger partial charge in [0.1, 0.15) is 11.6 Å². The third kappa shape index (κ3) is 10.6. The van der Waals surface area contributed by atoms with E-state index in [2.05, 4.69) is 5.32 Å². The van der Waals surface area contributed by atoms with Crippen LogP contribution in [0.2, 0.25) is 0 Å². The van der Waals surface area contributed by atoms with Crippen molar-refractivity contribution in [1.29, 1.82) is 0 Å². The van der Waals surface area contributed by atoms with Gasteiger partial charge in [0.25, 0.3) is 0 Å². The Balaban J connectivity index is 1.83. The SMILES string of the molecule is CC[C@@H](C)[C@H](NC(=O)[C@H](Cc1ccc(-c2ccccc2)cc1)CP(=O)(O)CCc1ccccc1)C(=O)OC(C)(C)C. The van der Waals surface area contributed by atoms with E-state index in [1.807, 2.05) is 98.8 Å². The summed E-state index contributed by atoms with van der Waals surface area (Å²) in [6.45, 7) is 9.21. The lowest BCUT2D eigenvalue weighted by Gasteiger charge is -2.29. The number of hydrogen-bond donors (Lipinski definition) is 2. The highest BCUT2D eigenvalue weighted by atomic mass is 31.2. The fourth-order valence-corrected chi connectivity index (χ4v) is 6.45. The molecule has 3 aromatic carbocycles. The van der Waals surface area contributed by atoms with Crippen molar-refractivity contribution in [2.45, 2.75) is 65.5 Å². The highest BCUT2D eigenvalue weighted by Gasteiger charge is 2.35. The number of carbonyl (C=O) groups excluding carboxylic acids is 2. The molecule has 0 aromatic heterocycles. The predicted molar refractivity (Wildman–Crippen MR) is 166 cm³/mol. The van der Waals surface area contributed by atoms with E-state index in [1.54, 1.807) is 20.8 Å². The average molecular weight is 578 g/mol. The first-order valence-electron chi connectivity index (χ1n) is 14.4. The van der Waals surface area contributed by atoms with Crippen molar-refractivity contribution in [3.8, 4) is 11.1 Å². The zero-order valence-electron chi connectivity index (χ0n) is 24.9. The highest BCUT2D eigenvalue weighted by molar-refractivity contribution is 7.58. The van der Waals surface area contributed by atoms with Gasteiger partial charge in [0.05, 0.1) is 5.92 Å². The second-order valence-electron chi connectivity index (χ2n) is 11.9. The number of amides is 1. The van der Waals surface area contributed by atoms with Crippen LogP contribution in [0.15, 0.2) is 84.9 Å². The number of aryl methyl sites for hydroxylation is 1. The highest BCUT2D eigenvalue weighted by Crippen LogP contribution is 2.44. The largest absolute Gasteiger partial charge is 0.458 e. The van der Waals surface area contributed by atoms with Crippen molar-refractivity contribution in [2.75, 3.05) is 12.3 Å². The maximum atomic E-state index is 13.7. The van der Waals surface area contributed by atoms with Gasteiger partial charge in [-0.2, -0.15) is 0 Å². The van der Waals surface area contributed by atoms with Crippen LogP contribution in [-0.4, -0.2) is 40.7 Å². The fraction of sp³-hybridized carbons (Fsp3) is 0.412. The summed E-state index contributed by atoms with van der Waals surface area (Å²) in [6, 6.07) is 26.6. The molecule has 0 bridgehead atoms. The van der Waals surface area contributed by atoms with Crippen molar-refractivity contribution in [1.82, 2.24) is 5.32 Å². The van der Waals surface area contributed by atoms with Crippen LogP contribution < -0.4 is 5.32 Å². The van der Waals surface area contributed by atoms with Gasteiger partial charge in [-0.1, -0.05) is 105 Å². The summed E-state index contributed by atoms with van der Waals surface area (Å²) in [6.07, 6.45) is 1.29. The fourth-order valence-electron chi connectivity index (χ4n) is 4.68. The molecule has 1 amide bonds. The van der Waals surface area contributed by atoms with E-state index in [9.17, 15) is 19.0 Å². The molecule has 0 fully saturated rings. The van der Waals surface area contributed by atoms with E-state index >= 15 is 0 Å². The molecule has 6 nitrogen and oxygen atoms in total. The van der Waals surface area contributed by atoms with Gasteiger partial charge >= 0.3 is 5.97 Å². The number of ether oxygens (including phenoxy) is 1. The molecule has 1 unspecified atom stereocenters. The van der Waals surface area contributed by atoms with Crippen LogP contribution in [-0.2, 0) is 31.7 Å². The third-order valence-corrected chi connectivity index (χ3v) is 9.12. The normalized spacial score (nSPS) is 15.3. The Bertz CT molecular complexity index is 1300. The van der Waals surface area contributed by atoms with Gasteiger partial charge in [0.15, 0.2) is 0 Å². The number of rotatable bonds is 13. The van der Waals surface area contributed by atoms with Gasteiger partial charge < -0.3 is 14.9 Å². The summed E-state index contributed by atoms with van der Waals surface area (Å²) in [5, 5.41) is 2.90. The number of nitrogens with one attached hydrogen (secondary N) is 1. The van der Waals surface area contributed by atoms with E-state index < -0.39 is 36.8 Å². The van der Waals surface area contributed by atoms with Crippen LogP contribution in [0.5, 0.6) is 0 Å². The van der Waals surface area contributed by atoms with Gasteiger partial charge in [0.2, 0.25) is 13.3 Å². The maximum Gasteiger partial charge on any atom is 0.329 e. The number of carbonyl (C=O) groups is 2. The van der Waals surface area contributed by atoms with Crippen LogP contribution in [0, 0.1) is 11.8 Å². The summed E-state index contributed by atoms with van der Waals surface area (Å²) < 4.78 is 19.0. The summed E-state index contributed by atoms with van der Waals surface area (Å²) in [5.41, 5.74) is 3.29. The molecule has 0 spiro atoms. The first kappa shape index (κ1) is 32.3. The second kappa shape index (κ2) is 14.6. The Kier molecular flexibility index (Phi) is 11.5. The monoisotopic (exact) mass is 577 g/mol. The third-order valence-electron chi connectivity index (χ3n) is 7.18. The van der Waals surface area contributed by atoms with Crippen molar-refractivity contribution < 1.29 is 23.8 Å². The van der Waals surface area contributed by atoms with E-state index in [0.717, 1.165) is 22.3 Å². The molecule has 3 aromatic rings. The van der Waals surface area contributed by atoms with E-state index in [4.69, 9.17) is 4.74 Å². The molecule has 0 aliphatic carbocycles. The topological polar surface area (TPSA) is 92.7 Å². The molecule has 0 saturated carbocycles. The molecule has 4 atom stereocenters. The van der Waals surface area contributed by atoms with Gasteiger partial charge in [0, 0.05) is 12.3 Å². The first-order chi connectivity index (χ1) is 19.4. The van der Waals surface area contributed by atoms with E-state index in [1.165, 1.54) is 0 Å². The minimum absolute atomic E-state index is 0.0780. The maximum absolute atomic E-state index is 13.7. The first-order valence-corrected chi connectivity index (χ1v) is 16.4. The number of benzene rings is 3. The molecule has 0 radical (unpaired) electrons. The molecule has 2 N–H and O–H groups in total. The van der Waals surface area contributed by atoms with Crippen LogP contribution in [0.1, 0.15) is 52.2 Å². The van der Waals surface area contributed by atoms with Crippen molar-refractivity contribution >= 4 is 19.2 Å². The number of hydrogen-bond acceptors (Lipinski definition) is 4. The minimum Gasteiger partial charge on any atom is -0.458 e. The Morgan fingerprint density at radius 2 is 1.44 bits per heavy atom. The molecule has 3 rings (SSSR count). The summed E-state index contributed by atoms with van der Waals surface area (Å²) in [5.74, 6) is -1.87. The van der Waals surface area contributed by atoms with Crippen molar-refractivity contribution in [3.63, 3.8) is 0 Å². The molecule has 0 aliphatic rings. The zero-order valence-corrected chi connectivity index (χ0v) is 25.8. The molecule has 220 valence electrons. The lowest BCUT2D eigenvalue weighted by molar-refractivity contribution is -0.160. The molecule has 0 aliphatic heterocycles. The Hall–Kier alpha value is -3.21. The van der Waals surface area contributed by atoms with Gasteiger partial charge in [-0.25, -0.2) is 4.79 Å². The van der Waals surface area contributed by atoms with Crippen molar-refractivity contribution in [2.24, 2.45) is 11.8 Å². The van der Waals surface area contributed by atoms with Gasteiger partial charge in [-0.3, -0.25) is 9.36 Å². The second-order valence-corrected chi connectivity index (χ2v) is 14.4. The lowest BCUT2D eigenvalue weighted by atomic mass is 9.95. The van der Waals surface area contributed by atoms with Crippen LogP contribution in [0.3, 0.4) is 0 Å². The van der Waals surface area contributed by atoms with Crippen LogP contribution in [0.4, 0.5) is 0 Å². The van der Waals surface area contributed by atoms with Gasteiger partial charge in [-0.15, -0.1) is 0 Å². The van der Waals surface area contributed by atoms with Crippen LogP contribution in [0.25, 0.3) is 11.1 Å². The summed E-state index contributed by atoms with van der Waals surface area (Å²) >= 11 is 0. The molecule has 0 heterocycles. The smallest absolute Gasteiger partial charge is 0.329 e. The van der Waals surface area contributed by atoms with E-state index in [-0.39, 0.29) is 24.7 Å².